The molecule has 0 aliphatic rings. The SMILES string of the molecule is O=[N+]([O-])c1ccccc1/C=C/C=N\Nc1ccccn1. The van der Waals surface area contributed by atoms with Crippen molar-refractivity contribution in [2.45, 2.75) is 0 Å². The molecular weight excluding hydrogens is 256 g/mol. The topological polar surface area (TPSA) is 80.4 Å². The standard InChI is InChI=1S/C14H12N4O2/c19-18(20)13-8-2-1-6-12(13)7-5-11-16-17-14-9-3-4-10-15-14/h1-11H,(H,15,17)/b7-5+,16-11-. The second kappa shape index (κ2) is 6.79. The number of nitro groups is 1. The van der Waals surface area contributed by atoms with Gasteiger partial charge in [-0.05, 0) is 30.4 Å². The minimum Gasteiger partial charge on any atom is -0.261 e. The Labute approximate surface area is 115 Å². The molecule has 6 nitrogen and oxygen atoms in total. The van der Waals surface area contributed by atoms with Crippen molar-refractivity contribution in [2.24, 2.45) is 5.10 Å². The van der Waals surface area contributed by atoms with Crippen molar-refractivity contribution in [2.75, 3.05) is 5.43 Å². The van der Waals surface area contributed by atoms with Gasteiger partial charge in [0.15, 0.2) is 0 Å². The number of nitrogens with zero attached hydrogens (tertiary/aromatic N) is 3. The molecule has 0 atom stereocenters. The number of benzene rings is 1. The second-order valence-electron chi connectivity index (χ2n) is 3.78. The molecule has 0 aliphatic carbocycles. The molecule has 0 unspecified atom stereocenters. The Hall–Kier alpha value is -3.02. The van der Waals surface area contributed by atoms with Gasteiger partial charge >= 0.3 is 0 Å². The van der Waals surface area contributed by atoms with Crippen LogP contribution in [0.4, 0.5) is 11.5 Å². The summed E-state index contributed by atoms with van der Waals surface area (Å²) in [6.07, 6.45) is 6.41. The first kappa shape index (κ1) is 13.4. The Morgan fingerprint density at radius 2 is 2.00 bits per heavy atom. The number of para-hydroxylation sites is 1. The number of anilines is 1. The summed E-state index contributed by atoms with van der Waals surface area (Å²) < 4.78 is 0. The van der Waals surface area contributed by atoms with Crippen molar-refractivity contribution >= 4 is 23.8 Å². The minimum absolute atomic E-state index is 0.0647. The summed E-state index contributed by atoms with van der Waals surface area (Å²) in [5.41, 5.74) is 3.34. The van der Waals surface area contributed by atoms with Gasteiger partial charge in [0.1, 0.15) is 5.82 Å². The molecule has 2 rings (SSSR count). The molecule has 0 spiro atoms. The lowest BCUT2D eigenvalue weighted by Crippen LogP contribution is -1.91. The van der Waals surface area contributed by atoms with Crippen LogP contribution >= 0.6 is 0 Å². The van der Waals surface area contributed by atoms with Gasteiger partial charge in [-0.2, -0.15) is 5.10 Å². The highest BCUT2D eigenvalue weighted by atomic mass is 16.6. The lowest BCUT2D eigenvalue weighted by molar-refractivity contribution is -0.385. The zero-order chi connectivity index (χ0) is 14.2. The monoisotopic (exact) mass is 268 g/mol. The van der Waals surface area contributed by atoms with Gasteiger partial charge in [0.2, 0.25) is 0 Å². The summed E-state index contributed by atoms with van der Waals surface area (Å²) >= 11 is 0. The maximum absolute atomic E-state index is 10.8. The third kappa shape index (κ3) is 3.74. The molecule has 1 N–H and O–H groups in total. The first-order valence-corrected chi connectivity index (χ1v) is 5.87. The Morgan fingerprint density at radius 3 is 2.75 bits per heavy atom. The van der Waals surface area contributed by atoms with Crippen LogP contribution in [0.1, 0.15) is 5.56 Å². The van der Waals surface area contributed by atoms with Gasteiger partial charge in [-0.15, -0.1) is 0 Å². The third-order valence-corrected chi connectivity index (χ3v) is 2.41. The molecule has 0 aliphatic heterocycles. The van der Waals surface area contributed by atoms with E-state index in [0.29, 0.717) is 11.4 Å². The van der Waals surface area contributed by atoms with Crippen LogP contribution in [0, 0.1) is 10.1 Å². The van der Waals surface area contributed by atoms with E-state index in [9.17, 15) is 10.1 Å². The molecule has 0 saturated heterocycles. The highest BCUT2D eigenvalue weighted by Gasteiger charge is 2.08. The maximum Gasteiger partial charge on any atom is 0.276 e. The first-order chi connectivity index (χ1) is 9.77. The maximum atomic E-state index is 10.8. The summed E-state index contributed by atoms with van der Waals surface area (Å²) in [6, 6.07) is 11.9. The van der Waals surface area contributed by atoms with Gasteiger partial charge in [-0.1, -0.05) is 18.2 Å². The number of aromatic nitrogens is 1. The summed E-state index contributed by atoms with van der Waals surface area (Å²) in [6.45, 7) is 0. The van der Waals surface area contributed by atoms with Gasteiger partial charge in [0, 0.05) is 18.5 Å². The quantitative estimate of drug-likeness (QED) is 0.513. The van der Waals surface area contributed by atoms with Crippen molar-refractivity contribution in [3.8, 4) is 0 Å². The summed E-state index contributed by atoms with van der Waals surface area (Å²) in [5, 5.41) is 14.8. The number of nitro benzene ring substituents is 1. The Balaban J connectivity index is 1.99. The molecule has 6 heteroatoms. The molecule has 1 heterocycles. The van der Waals surface area contributed by atoms with Crippen LogP contribution in [0.15, 0.2) is 59.8 Å². The lowest BCUT2D eigenvalue weighted by Gasteiger charge is -1.96. The van der Waals surface area contributed by atoms with E-state index in [1.165, 1.54) is 12.3 Å². The first-order valence-electron chi connectivity index (χ1n) is 5.87. The van der Waals surface area contributed by atoms with Gasteiger partial charge in [0.25, 0.3) is 5.69 Å². The molecule has 0 bridgehead atoms. The van der Waals surface area contributed by atoms with Crippen LogP contribution in [-0.4, -0.2) is 16.1 Å². The van der Waals surface area contributed by atoms with Crippen molar-refractivity contribution in [3.05, 3.63) is 70.4 Å². The molecule has 0 radical (unpaired) electrons. The fraction of sp³-hybridized carbons (Fsp3) is 0. The Morgan fingerprint density at radius 1 is 1.20 bits per heavy atom. The highest BCUT2D eigenvalue weighted by molar-refractivity contribution is 5.80. The molecule has 20 heavy (non-hydrogen) atoms. The van der Waals surface area contributed by atoms with Crippen LogP contribution in [0.3, 0.4) is 0 Å². The van der Waals surface area contributed by atoms with Gasteiger partial charge in [0.05, 0.1) is 10.5 Å². The fourth-order valence-electron chi connectivity index (χ4n) is 1.52. The zero-order valence-electron chi connectivity index (χ0n) is 10.5. The number of hydrogen-bond donors (Lipinski definition) is 1. The summed E-state index contributed by atoms with van der Waals surface area (Å²) in [5.74, 6) is 0.628. The normalized spacial score (nSPS) is 11.0. The van der Waals surface area contributed by atoms with E-state index < -0.39 is 4.92 Å². The van der Waals surface area contributed by atoms with Crippen LogP contribution < -0.4 is 5.43 Å². The number of pyridine rings is 1. The molecule has 0 saturated carbocycles. The minimum atomic E-state index is -0.414. The average Bonchev–Trinajstić information content (AvgIpc) is 2.48. The number of hydrazone groups is 1. The highest BCUT2D eigenvalue weighted by Crippen LogP contribution is 2.18. The van der Waals surface area contributed by atoms with E-state index in [1.807, 2.05) is 12.1 Å². The molecular formula is C14H12N4O2. The second-order valence-corrected chi connectivity index (χ2v) is 3.78. The van der Waals surface area contributed by atoms with Crippen LogP contribution in [0.25, 0.3) is 6.08 Å². The van der Waals surface area contributed by atoms with Gasteiger partial charge < -0.3 is 0 Å². The van der Waals surface area contributed by atoms with Crippen LogP contribution in [-0.2, 0) is 0 Å². The number of allylic oxidation sites excluding steroid dienone is 1. The fourth-order valence-corrected chi connectivity index (χ4v) is 1.52. The van der Waals surface area contributed by atoms with E-state index in [-0.39, 0.29) is 5.69 Å². The summed E-state index contributed by atoms with van der Waals surface area (Å²) in [7, 11) is 0. The van der Waals surface area contributed by atoms with Crippen molar-refractivity contribution in [1.29, 1.82) is 0 Å². The van der Waals surface area contributed by atoms with Crippen molar-refractivity contribution in [1.82, 2.24) is 4.98 Å². The Bertz CT molecular complexity index is 639. The van der Waals surface area contributed by atoms with E-state index in [4.69, 9.17) is 0 Å². The van der Waals surface area contributed by atoms with Gasteiger partial charge in [-0.25, -0.2) is 4.98 Å². The largest absolute Gasteiger partial charge is 0.276 e. The molecule has 100 valence electrons. The van der Waals surface area contributed by atoms with Gasteiger partial charge in [-0.3, -0.25) is 15.5 Å². The molecule has 1 aromatic carbocycles. The predicted octanol–water partition coefficient (Wildman–Crippen LogP) is 3.10. The third-order valence-electron chi connectivity index (χ3n) is 2.41. The lowest BCUT2D eigenvalue weighted by atomic mass is 10.2. The molecule has 0 amide bonds. The smallest absolute Gasteiger partial charge is 0.261 e. The predicted molar refractivity (Wildman–Crippen MR) is 78.5 cm³/mol. The number of hydrogen-bond acceptors (Lipinski definition) is 5. The van der Waals surface area contributed by atoms with E-state index >= 15 is 0 Å². The summed E-state index contributed by atoms with van der Waals surface area (Å²) in [4.78, 5) is 14.4. The average molecular weight is 268 g/mol. The van der Waals surface area contributed by atoms with Crippen LogP contribution in [0.5, 0.6) is 0 Å². The van der Waals surface area contributed by atoms with Crippen LogP contribution in [0.2, 0.25) is 0 Å². The van der Waals surface area contributed by atoms with Crippen molar-refractivity contribution in [3.63, 3.8) is 0 Å². The Kier molecular flexibility index (Phi) is 4.55. The number of rotatable bonds is 5. The molecule has 2 aromatic rings. The van der Waals surface area contributed by atoms with E-state index in [2.05, 4.69) is 15.5 Å². The van der Waals surface area contributed by atoms with Crippen molar-refractivity contribution < 1.29 is 4.92 Å². The molecule has 1 aromatic heterocycles. The zero-order valence-corrected chi connectivity index (χ0v) is 10.5. The molecule has 0 fully saturated rings. The van der Waals surface area contributed by atoms with E-state index in [1.54, 1.807) is 42.6 Å². The number of nitrogens with one attached hydrogen (secondary N) is 1. The van der Waals surface area contributed by atoms with E-state index in [0.717, 1.165) is 0 Å².